The summed E-state index contributed by atoms with van der Waals surface area (Å²) in [4.78, 5) is 24.6. The summed E-state index contributed by atoms with van der Waals surface area (Å²) in [5, 5.41) is 10.4. The van der Waals surface area contributed by atoms with Gasteiger partial charge in [0.25, 0.3) is 11.8 Å². The molecular weight excluding hydrogens is 351 g/mol. The molecule has 128 valence electrons. The van der Waals surface area contributed by atoms with Crippen LogP contribution in [0.25, 0.3) is 6.08 Å². The summed E-state index contributed by atoms with van der Waals surface area (Å²) in [5.74, 6) is -1.70. The molecule has 0 aliphatic carbocycles. The second kappa shape index (κ2) is 6.45. The molecule has 3 rings (SSSR count). The number of carbonyl (C=O) groups is 2. The van der Waals surface area contributed by atoms with E-state index in [9.17, 15) is 19.1 Å². The first-order valence-electron chi connectivity index (χ1n) is 7.10. The van der Waals surface area contributed by atoms with Crippen LogP contribution >= 0.6 is 11.6 Å². The number of nitrogens with zero attached hydrogens (tertiary/aromatic N) is 1. The lowest BCUT2D eigenvalue weighted by Crippen LogP contribution is -2.35. The number of rotatable bonds is 3. The molecule has 0 aromatic heterocycles. The smallest absolute Gasteiger partial charge is 0.282 e. The van der Waals surface area contributed by atoms with E-state index < -0.39 is 17.6 Å². The highest BCUT2D eigenvalue weighted by molar-refractivity contribution is 6.33. The average molecular weight is 363 g/mol. The number of phenolic OH excluding ortho intramolecular Hbond substituents is 1. The molecule has 6 nitrogen and oxygen atoms in total. The first-order chi connectivity index (χ1) is 11.9. The van der Waals surface area contributed by atoms with Gasteiger partial charge in [-0.15, -0.1) is 0 Å². The van der Waals surface area contributed by atoms with Crippen molar-refractivity contribution in [2.75, 3.05) is 12.1 Å². The molecule has 2 aromatic carbocycles. The van der Waals surface area contributed by atoms with E-state index in [-0.39, 0.29) is 27.8 Å². The van der Waals surface area contributed by atoms with Crippen LogP contribution in [0.1, 0.15) is 5.56 Å². The maximum absolute atomic E-state index is 13.3. The van der Waals surface area contributed by atoms with Crippen molar-refractivity contribution < 1.29 is 23.8 Å². The predicted octanol–water partition coefficient (Wildman–Crippen LogP) is 2.65. The molecule has 1 fully saturated rings. The Hall–Kier alpha value is -3.06. The van der Waals surface area contributed by atoms with Crippen LogP contribution in [0.4, 0.5) is 10.1 Å². The van der Waals surface area contributed by atoms with Crippen LogP contribution in [-0.4, -0.2) is 24.0 Å². The van der Waals surface area contributed by atoms with Gasteiger partial charge in [0.1, 0.15) is 11.4 Å². The zero-order valence-electron chi connectivity index (χ0n) is 12.9. The fourth-order valence-corrected chi connectivity index (χ4v) is 2.49. The Kier molecular flexibility index (Phi) is 4.33. The Morgan fingerprint density at radius 2 is 2.00 bits per heavy atom. The molecule has 2 aromatic rings. The Labute approximate surface area is 147 Å². The zero-order chi connectivity index (χ0) is 18.1. The van der Waals surface area contributed by atoms with Crippen molar-refractivity contribution in [2.24, 2.45) is 0 Å². The first-order valence-corrected chi connectivity index (χ1v) is 7.47. The van der Waals surface area contributed by atoms with E-state index in [1.807, 2.05) is 0 Å². The van der Waals surface area contributed by atoms with E-state index in [1.54, 1.807) is 0 Å². The molecule has 0 bridgehead atoms. The summed E-state index contributed by atoms with van der Waals surface area (Å²) in [5.41, 5.74) is 3.00. The summed E-state index contributed by atoms with van der Waals surface area (Å²) >= 11 is 5.71. The van der Waals surface area contributed by atoms with E-state index >= 15 is 0 Å². The van der Waals surface area contributed by atoms with Gasteiger partial charge in [0.2, 0.25) is 0 Å². The standard InChI is InChI=1S/C17H12ClFN2O4/c1-25-15-7-9(2-5-14(15)22)6-11-16(23)20-21(17(11)24)10-3-4-13(19)12(18)8-10/h2-8,22H,1H3,(H,20,23)/b11-6-. The molecule has 0 unspecified atom stereocenters. The number of amides is 2. The molecule has 8 heteroatoms. The van der Waals surface area contributed by atoms with Crippen LogP contribution in [0, 0.1) is 5.82 Å². The molecule has 1 heterocycles. The number of benzene rings is 2. The second-order valence-electron chi connectivity index (χ2n) is 5.17. The number of aromatic hydroxyl groups is 1. The summed E-state index contributed by atoms with van der Waals surface area (Å²) in [6, 6.07) is 8.07. The minimum absolute atomic E-state index is 0.0607. The quantitative estimate of drug-likeness (QED) is 0.650. The fraction of sp³-hybridized carbons (Fsp3) is 0.0588. The van der Waals surface area contributed by atoms with Crippen molar-refractivity contribution in [1.82, 2.24) is 5.43 Å². The third-order valence-electron chi connectivity index (χ3n) is 3.57. The number of hydrogen-bond donors (Lipinski definition) is 2. The largest absolute Gasteiger partial charge is 0.504 e. The van der Waals surface area contributed by atoms with Gasteiger partial charge in [-0.3, -0.25) is 15.0 Å². The summed E-state index contributed by atoms with van der Waals surface area (Å²) in [6.07, 6.45) is 1.37. The number of phenols is 1. The number of anilines is 1. The summed E-state index contributed by atoms with van der Waals surface area (Å²) < 4.78 is 18.3. The van der Waals surface area contributed by atoms with Gasteiger partial charge in [0.15, 0.2) is 11.5 Å². The third kappa shape index (κ3) is 3.14. The molecule has 1 aliphatic heterocycles. The highest BCUT2D eigenvalue weighted by Gasteiger charge is 2.34. The summed E-state index contributed by atoms with van der Waals surface area (Å²) in [6.45, 7) is 0. The molecule has 1 aliphatic rings. The average Bonchev–Trinajstić information content (AvgIpc) is 2.87. The van der Waals surface area contributed by atoms with Crippen LogP contribution < -0.4 is 15.2 Å². The van der Waals surface area contributed by atoms with Crippen molar-refractivity contribution in [3.8, 4) is 11.5 Å². The van der Waals surface area contributed by atoms with Gasteiger partial charge < -0.3 is 9.84 Å². The first kappa shape index (κ1) is 16.8. The SMILES string of the molecule is COc1cc(/C=C2/C(=O)NN(c3ccc(F)c(Cl)c3)C2=O)ccc1O. The van der Waals surface area contributed by atoms with E-state index in [4.69, 9.17) is 16.3 Å². The Balaban J connectivity index is 1.94. The monoisotopic (exact) mass is 362 g/mol. The lowest BCUT2D eigenvalue weighted by molar-refractivity contribution is -0.117. The molecule has 1 saturated heterocycles. The minimum Gasteiger partial charge on any atom is -0.504 e. The highest BCUT2D eigenvalue weighted by Crippen LogP contribution is 2.29. The molecule has 2 N–H and O–H groups in total. The van der Waals surface area contributed by atoms with Crippen LogP contribution in [0.3, 0.4) is 0 Å². The van der Waals surface area contributed by atoms with E-state index in [2.05, 4.69) is 5.43 Å². The number of carbonyl (C=O) groups excluding carboxylic acids is 2. The molecule has 0 saturated carbocycles. The number of hydrogen-bond acceptors (Lipinski definition) is 4. The number of methoxy groups -OCH3 is 1. The van der Waals surface area contributed by atoms with Crippen molar-refractivity contribution in [2.45, 2.75) is 0 Å². The van der Waals surface area contributed by atoms with E-state index in [0.29, 0.717) is 5.56 Å². The molecule has 2 amide bonds. The maximum atomic E-state index is 13.3. The Bertz CT molecular complexity index is 914. The topological polar surface area (TPSA) is 78.9 Å². The van der Waals surface area contributed by atoms with Gasteiger partial charge in [0, 0.05) is 0 Å². The zero-order valence-corrected chi connectivity index (χ0v) is 13.7. The van der Waals surface area contributed by atoms with Gasteiger partial charge in [-0.1, -0.05) is 17.7 Å². The molecule has 0 atom stereocenters. The van der Waals surface area contributed by atoms with Crippen molar-refractivity contribution in [1.29, 1.82) is 0 Å². The van der Waals surface area contributed by atoms with E-state index in [1.165, 1.54) is 43.5 Å². The van der Waals surface area contributed by atoms with Crippen LogP contribution in [0.5, 0.6) is 11.5 Å². The number of halogens is 2. The lowest BCUT2D eigenvalue weighted by Gasteiger charge is -2.14. The highest BCUT2D eigenvalue weighted by atomic mass is 35.5. The second-order valence-corrected chi connectivity index (χ2v) is 5.58. The fourth-order valence-electron chi connectivity index (χ4n) is 2.31. The van der Waals surface area contributed by atoms with Gasteiger partial charge in [-0.05, 0) is 42.0 Å². The third-order valence-corrected chi connectivity index (χ3v) is 3.86. The van der Waals surface area contributed by atoms with Crippen LogP contribution in [0.2, 0.25) is 5.02 Å². The van der Waals surface area contributed by atoms with Gasteiger partial charge >= 0.3 is 0 Å². The van der Waals surface area contributed by atoms with Gasteiger partial charge in [0.05, 0.1) is 17.8 Å². The molecule has 0 spiro atoms. The maximum Gasteiger partial charge on any atom is 0.282 e. The number of ether oxygens (including phenoxy) is 1. The molecule has 0 radical (unpaired) electrons. The Morgan fingerprint density at radius 1 is 1.24 bits per heavy atom. The predicted molar refractivity (Wildman–Crippen MR) is 89.7 cm³/mol. The van der Waals surface area contributed by atoms with Crippen LogP contribution in [-0.2, 0) is 9.59 Å². The van der Waals surface area contributed by atoms with E-state index in [0.717, 1.165) is 11.1 Å². The lowest BCUT2D eigenvalue weighted by atomic mass is 10.1. The summed E-state index contributed by atoms with van der Waals surface area (Å²) in [7, 11) is 1.39. The molecular formula is C17H12ClFN2O4. The van der Waals surface area contributed by atoms with Crippen molar-refractivity contribution in [3.63, 3.8) is 0 Å². The minimum atomic E-state index is -0.629. The van der Waals surface area contributed by atoms with Gasteiger partial charge in [-0.2, -0.15) is 0 Å². The number of nitrogens with one attached hydrogen (secondary N) is 1. The van der Waals surface area contributed by atoms with Crippen LogP contribution in [0.15, 0.2) is 42.0 Å². The van der Waals surface area contributed by atoms with Crippen molar-refractivity contribution >= 4 is 35.2 Å². The normalized spacial score (nSPS) is 15.6. The number of hydrazine groups is 1. The molecule has 25 heavy (non-hydrogen) atoms. The Morgan fingerprint density at radius 3 is 2.68 bits per heavy atom. The van der Waals surface area contributed by atoms with Crippen molar-refractivity contribution in [3.05, 3.63) is 58.4 Å². The van der Waals surface area contributed by atoms with Gasteiger partial charge in [-0.25, -0.2) is 9.40 Å².